The van der Waals surface area contributed by atoms with Crippen LogP contribution in [0.2, 0.25) is 0 Å². The molecule has 3 heterocycles. The van der Waals surface area contributed by atoms with Gasteiger partial charge in [-0.15, -0.1) is 0 Å². The van der Waals surface area contributed by atoms with Crippen molar-refractivity contribution in [1.29, 1.82) is 0 Å². The number of benzene rings is 2. The van der Waals surface area contributed by atoms with Gasteiger partial charge in [0.05, 0.1) is 23.1 Å². The largest absolute Gasteiger partial charge is 0.306 e. The third kappa shape index (κ3) is 3.78. The molecular formula is C23H17BrN4OS. The average Bonchev–Trinajstić information content (AvgIpc) is 3.17. The molecule has 0 fully saturated rings. The summed E-state index contributed by atoms with van der Waals surface area (Å²) in [5.41, 5.74) is 3.59. The predicted octanol–water partition coefficient (Wildman–Crippen LogP) is 5.15. The average molecular weight is 477 g/mol. The minimum Gasteiger partial charge on any atom is -0.306 e. The molecule has 0 radical (unpaired) electrons. The highest BCUT2D eigenvalue weighted by atomic mass is 79.9. The first kappa shape index (κ1) is 19.1. The van der Waals surface area contributed by atoms with Crippen molar-refractivity contribution in [3.8, 4) is 0 Å². The zero-order valence-corrected chi connectivity index (χ0v) is 18.3. The van der Waals surface area contributed by atoms with Gasteiger partial charge in [-0.2, -0.15) is 0 Å². The predicted molar refractivity (Wildman–Crippen MR) is 124 cm³/mol. The number of hydrogen-bond donors (Lipinski definition) is 0. The van der Waals surface area contributed by atoms with Gasteiger partial charge in [0.15, 0.2) is 5.16 Å². The number of halogens is 1. The topological polar surface area (TPSA) is 52.2 Å². The van der Waals surface area contributed by atoms with Crippen LogP contribution in [0.15, 0.2) is 93.5 Å². The molecule has 0 N–H and O–H groups in total. The molecule has 3 aromatic heterocycles. The summed E-state index contributed by atoms with van der Waals surface area (Å²) in [4.78, 5) is 22.7. The van der Waals surface area contributed by atoms with Crippen molar-refractivity contribution in [3.05, 3.63) is 105 Å². The van der Waals surface area contributed by atoms with E-state index in [0.29, 0.717) is 28.4 Å². The Bertz CT molecular complexity index is 1410. The first-order valence-corrected chi connectivity index (χ1v) is 11.2. The second-order valence-electron chi connectivity index (χ2n) is 6.92. The third-order valence-corrected chi connectivity index (χ3v) is 6.30. The van der Waals surface area contributed by atoms with Crippen LogP contribution in [0.5, 0.6) is 0 Å². The SMILES string of the molecule is O=c1c2ccccc2nc(SCc2cn3cc(Br)ccc3n2)n1Cc1ccccc1. The lowest BCUT2D eigenvalue weighted by Gasteiger charge is -2.13. The Balaban J connectivity index is 1.52. The summed E-state index contributed by atoms with van der Waals surface area (Å²) in [6, 6.07) is 21.4. The molecule has 0 amide bonds. The van der Waals surface area contributed by atoms with Crippen LogP contribution < -0.4 is 5.56 Å². The molecule has 5 nitrogen and oxygen atoms in total. The van der Waals surface area contributed by atoms with Gasteiger partial charge in [0.2, 0.25) is 0 Å². The molecular weight excluding hydrogens is 460 g/mol. The molecule has 0 aliphatic rings. The first-order chi connectivity index (χ1) is 14.7. The smallest absolute Gasteiger partial charge is 0.262 e. The van der Waals surface area contributed by atoms with E-state index in [4.69, 9.17) is 4.98 Å². The third-order valence-electron chi connectivity index (χ3n) is 4.82. The van der Waals surface area contributed by atoms with Crippen LogP contribution in [0.25, 0.3) is 16.6 Å². The van der Waals surface area contributed by atoms with E-state index in [1.165, 1.54) is 11.8 Å². The quantitative estimate of drug-likeness (QED) is 0.260. The van der Waals surface area contributed by atoms with Crippen LogP contribution >= 0.6 is 27.7 Å². The monoisotopic (exact) mass is 476 g/mol. The molecule has 0 bridgehead atoms. The lowest BCUT2D eigenvalue weighted by atomic mass is 10.2. The molecule has 0 aliphatic heterocycles. The zero-order valence-electron chi connectivity index (χ0n) is 15.9. The maximum Gasteiger partial charge on any atom is 0.262 e. The van der Waals surface area contributed by atoms with Crippen molar-refractivity contribution in [2.45, 2.75) is 17.5 Å². The van der Waals surface area contributed by atoms with Crippen molar-refractivity contribution < 1.29 is 0 Å². The van der Waals surface area contributed by atoms with Crippen molar-refractivity contribution in [3.63, 3.8) is 0 Å². The molecule has 0 saturated carbocycles. The normalized spacial score (nSPS) is 11.4. The van der Waals surface area contributed by atoms with Gasteiger partial charge in [-0.05, 0) is 45.8 Å². The molecule has 2 aromatic carbocycles. The molecule has 148 valence electrons. The molecule has 7 heteroatoms. The number of pyridine rings is 1. The van der Waals surface area contributed by atoms with Crippen LogP contribution in [0.3, 0.4) is 0 Å². The van der Waals surface area contributed by atoms with Crippen molar-refractivity contribution in [1.82, 2.24) is 18.9 Å². The number of rotatable bonds is 5. The standard InChI is InChI=1S/C23H17BrN4OS/c24-17-10-11-21-25-18(14-27(21)13-17)15-30-23-26-20-9-5-4-8-19(20)22(29)28(23)12-16-6-2-1-3-7-16/h1-11,13-14H,12,15H2. The van der Waals surface area contributed by atoms with Crippen molar-refractivity contribution in [2.24, 2.45) is 0 Å². The Labute approximate surface area is 185 Å². The Morgan fingerprint density at radius 2 is 1.70 bits per heavy atom. The number of para-hydroxylation sites is 1. The lowest BCUT2D eigenvalue weighted by Crippen LogP contribution is -2.24. The second kappa shape index (κ2) is 8.08. The number of fused-ring (bicyclic) bond motifs is 2. The summed E-state index contributed by atoms with van der Waals surface area (Å²) in [7, 11) is 0. The van der Waals surface area contributed by atoms with E-state index < -0.39 is 0 Å². The highest BCUT2D eigenvalue weighted by Gasteiger charge is 2.13. The van der Waals surface area contributed by atoms with E-state index >= 15 is 0 Å². The fourth-order valence-corrected chi connectivity index (χ4v) is 4.62. The van der Waals surface area contributed by atoms with Crippen LogP contribution in [-0.4, -0.2) is 18.9 Å². The van der Waals surface area contributed by atoms with Crippen molar-refractivity contribution >= 4 is 44.2 Å². The van der Waals surface area contributed by atoms with E-state index in [1.807, 2.05) is 83.5 Å². The van der Waals surface area contributed by atoms with E-state index in [2.05, 4.69) is 20.9 Å². The van der Waals surface area contributed by atoms with E-state index in [9.17, 15) is 4.79 Å². The molecule has 30 heavy (non-hydrogen) atoms. The fourth-order valence-electron chi connectivity index (χ4n) is 3.39. The minimum absolute atomic E-state index is 0.0223. The number of hydrogen-bond acceptors (Lipinski definition) is 4. The second-order valence-corrected chi connectivity index (χ2v) is 8.78. The van der Waals surface area contributed by atoms with Crippen LogP contribution in [0.1, 0.15) is 11.3 Å². The Kier molecular flexibility index (Phi) is 5.14. The van der Waals surface area contributed by atoms with Crippen LogP contribution in [0, 0.1) is 0 Å². The van der Waals surface area contributed by atoms with Gasteiger partial charge in [0.1, 0.15) is 5.65 Å². The first-order valence-electron chi connectivity index (χ1n) is 9.47. The molecule has 0 saturated heterocycles. The number of nitrogens with zero attached hydrogens (tertiary/aromatic N) is 4. The summed E-state index contributed by atoms with van der Waals surface area (Å²) < 4.78 is 4.75. The summed E-state index contributed by atoms with van der Waals surface area (Å²) in [5.74, 6) is 0.624. The highest BCUT2D eigenvalue weighted by molar-refractivity contribution is 9.10. The zero-order chi connectivity index (χ0) is 20.5. The molecule has 5 aromatic rings. The Morgan fingerprint density at radius 3 is 2.57 bits per heavy atom. The molecule has 0 aliphatic carbocycles. The molecule has 0 unspecified atom stereocenters. The number of aromatic nitrogens is 4. The van der Waals surface area contributed by atoms with E-state index in [0.717, 1.165) is 21.4 Å². The van der Waals surface area contributed by atoms with Gasteiger partial charge in [-0.1, -0.05) is 54.2 Å². The summed E-state index contributed by atoms with van der Waals surface area (Å²) >= 11 is 5.02. The van der Waals surface area contributed by atoms with E-state index in [1.54, 1.807) is 4.57 Å². The molecule has 5 rings (SSSR count). The van der Waals surface area contributed by atoms with Gasteiger partial charge < -0.3 is 4.40 Å². The fraction of sp³-hybridized carbons (Fsp3) is 0.0870. The van der Waals surface area contributed by atoms with Gasteiger partial charge >= 0.3 is 0 Å². The van der Waals surface area contributed by atoms with Gasteiger partial charge in [0.25, 0.3) is 5.56 Å². The summed E-state index contributed by atoms with van der Waals surface area (Å²) in [6.45, 7) is 0.484. The number of imidazole rings is 1. The van der Waals surface area contributed by atoms with E-state index in [-0.39, 0.29) is 5.56 Å². The Hall–Kier alpha value is -2.90. The Morgan fingerprint density at radius 1 is 0.900 bits per heavy atom. The maximum atomic E-state index is 13.2. The molecule has 0 atom stereocenters. The van der Waals surface area contributed by atoms with Gasteiger partial charge in [-0.3, -0.25) is 9.36 Å². The summed E-state index contributed by atoms with van der Waals surface area (Å²) in [6.07, 6.45) is 3.99. The minimum atomic E-state index is -0.0223. The van der Waals surface area contributed by atoms with Gasteiger partial charge in [0, 0.05) is 22.6 Å². The lowest BCUT2D eigenvalue weighted by molar-refractivity contribution is 0.658. The van der Waals surface area contributed by atoms with Gasteiger partial charge in [-0.25, -0.2) is 9.97 Å². The molecule has 0 spiro atoms. The van der Waals surface area contributed by atoms with Crippen LogP contribution in [0.4, 0.5) is 0 Å². The highest BCUT2D eigenvalue weighted by Crippen LogP contribution is 2.23. The summed E-state index contributed by atoms with van der Waals surface area (Å²) in [5, 5.41) is 1.33. The van der Waals surface area contributed by atoms with Crippen molar-refractivity contribution in [2.75, 3.05) is 0 Å². The number of thioether (sulfide) groups is 1. The van der Waals surface area contributed by atoms with Crippen LogP contribution in [-0.2, 0) is 12.3 Å². The maximum absolute atomic E-state index is 13.2.